The van der Waals surface area contributed by atoms with Crippen LogP contribution in [0.1, 0.15) is 13.3 Å². The Hall–Kier alpha value is -2.22. The zero-order valence-electron chi connectivity index (χ0n) is 12.1. The van der Waals surface area contributed by atoms with Crippen molar-refractivity contribution in [3.8, 4) is 24.7 Å². The molecule has 0 saturated heterocycles. The van der Waals surface area contributed by atoms with Crippen molar-refractivity contribution >= 4 is 30.3 Å². The van der Waals surface area contributed by atoms with Crippen molar-refractivity contribution < 1.29 is 4.84 Å². The number of hydrogen-bond acceptors (Lipinski definition) is 7. The van der Waals surface area contributed by atoms with Gasteiger partial charge >= 0.3 is 0 Å². The molecule has 21 heavy (non-hydrogen) atoms. The largest absolute Gasteiger partial charge is 0.354 e. The number of aromatic nitrogens is 3. The SMILES string of the molecule is C#CCNc1nc(NCCC)nc(N(CC#C)OC)n1.Cl. The maximum Gasteiger partial charge on any atom is 0.257 e. The molecule has 1 rings (SSSR count). The molecule has 2 N–H and O–H groups in total. The summed E-state index contributed by atoms with van der Waals surface area (Å²) in [5.41, 5.74) is 0. The average Bonchev–Trinajstić information content (AvgIpc) is 2.48. The number of hydrogen-bond donors (Lipinski definition) is 2. The van der Waals surface area contributed by atoms with E-state index in [1.807, 2.05) is 6.92 Å². The molecule has 0 radical (unpaired) electrons. The van der Waals surface area contributed by atoms with Gasteiger partial charge in [0.05, 0.1) is 13.7 Å². The van der Waals surface area contributed by atoms with Crippen LogP contribution < -0.4 is 15.7 Å². The second-order valence-corrected chi connectivity index (χ2v) is 3.69. The zero-order valence-corrected chi connectivity index (χ0v) is 12.9. The van der Waals surface area contributed by atoms with Gasteiger partial charge in [-0.3, -0.25) is 4.84 Å². The quantitative estimate of drug-likeness (QED) is 0.551. The monoisotopic (exact) mass is 310 g/mol. The summed E-state index contributed by atoms with van der Waals surface area (Å²) < 4.78 is 0. The summed E-state index contributed by atoms with van der Waals surface area (Å²) in [6, 6.07) is 0. The van der Waals surface area contributed by atoms with Crippen LogP contribution in [0.2, 0.25) is 0 Å². The van der Waals surface area contributed by atoms with Gasteiger partial charge in [0.15, 0.2) is 0 Å². The van der Waals surface area contributed by atoms with Crippen LogP contribution in [0.5, 0.6) is 0 Å². The minimum absolute atomic E-state index is 0. The van der Waals surface area contributed by atoms with E-state index in [1.165, 1.54) is 12.2 Å². The highest BCUT2D eigenvalue weighted by atomic mass is 35.5. The van der Waals surface area contributed by atoms with Crippen LogP contribution >= 0.6 is 12.4 Å². The van der Waals surface area contributed by atoms with Gasteiger partial charge in [-0.05, 0) is 6.42 Å². The lowest BCUT2D eigenvalue weighted by Crippen LogP contribution is -2.25. The van der Waals surface area contributed by atoms with Crippen LogP contribution in [-0.4, -0.2) is 41.7 Å². The summed E-state index contributed by atoms with van der Waals surface area (Å²) in [5.74, 6) is 6.05. The first kappa shape index (κ1) is 18.8. The van der Waals surface area contributed by atoms with E-state index in [9.17, 15) is 0 Å². The topological polar surface area (TPSA) is 75.2 Å². The third kappa shape index (κ3) is 6.17. The van der Waals surface area contributed by atoms with Crippen molar-refractivity contribution in [1.29, 1.82) is 0 Å². The third-order valence-corrected chi connectivity index (χ3v) is 2.18. The molecule has 7 nitrogen and oxygen atoms in total. The number of nitrogens with zero attached hydrogens (tertiary/aromatic N) is 4. The Morgan fingerprint density at radius 3 is 2.33 bits per heavy atom. The molecule has 0 aromatic carbocycles. The first-order valence-electron chi connectivity index (χ1n) is 6.17. The first-order chi connectivity index (χ1) is 9.74. The van der Waals surface area contributed by atoms with Crippen LogP contribution in [0.15, 0.2) is 0 Å². The number of anilines is 3. The molecular formula is C13H19ClN6O. The van der Waals surface area contributed by atoms with Gasteiger partial charge in [0.2, 0.25) is 11.9 Å². The van der Waals surface area contributed by atoms with E-state index in [4.69, 9.17) is 17.7 Å². The number of terminal acetylenes is 2. The number of halogens is 1. The molecule has 1 heterocycles. The summed E-state index contributed by atoms with van der Waals surface area (Å²) in [6.45, 7) is 3.34. The van der Waals surface area contributed by atoms with Gasteiger partial charge in [-0.25, -0.2) is 5.06 Å². The molecule has 0 amide bonds. The molecule has 0 fully saturated rings. The first-order valence-corrected chi connectivity index (χ1v) is 6.17. The molecule has 114 valence electrons. The molecule has 8 heteroatoms. The number of nitrogens with one attached hydrogen (secondary N) is 2. The van der Waals surface area contributed by atoms with E-state index >= 15 is 0 Å². The summed E-state index contributed by atoms with van der Waals surface area (Å²) in [4.78, 5) is 17.8. The lowest BCUT2D eigenvalue weighted by Gasteiger charge is -2.18. The molecule has 1 aromatic rings. The van der Waals surface area contributed by atoms with E-state index in [-0.39, 0.29) is 19.0 Å². The van der Waals surface area contributed by atoms with E-state index in [0.29, 0.717) is 24.4 Å². The molecule has 0 aliphatic carbocycles. The fourth-order valence-corrected chi connectivity index (χ4v) is 1.30. The van der Waals surface area contributed by atoms with Gasteiger partial charge in [0.25, 0.3) is 5.95 Å². The summed E-state index contributed by atoms with van der Waals surface area (Å²) in [7, 11) is 1.49. The Morgan fingerprint density at radius 2 is 1.81 bits per heavy atom. The van der Waals surface area contributed by atoms with Crippen molar-refractivity contribution in [2.75, 3.05) is 42.4 Å². The third-order valence-electron chi connectivity index (χ3n) is 2.18. The zero-order chi connectivity index (χ0) is 14.8. The Morgan fingerprint density at radius 1 is 1.14 bits per heavy atom. The molecule has 0 unspecified atom stereocenters. The minimum Gasteiger partial charge on any atom is -0.354 e. The Bertz CT molecular complexity index is 510. The van der Waals surface area contributed by atoms with Gasteiger partial charge in [-0.2, -0.15) is 15.0 Å². The van der Waals surface area contributed by atoms with Crippen LogP contribution in [0.3, 0.4) is 0 Å². The molecule has 0 aliphatic heterocycles. The highest BCUT2D eigenvalue weighted by Crippen LogP contribution is 2.13. The van der Waals surface area contributed by atoms with Crippen molar-refractivity contribution in [3.63, 3.8) is 0 Å². The predicted octanol–water partition coefficient (Wildman–Crippen LogP) is 1.16. The highest BCUT2D eigenvalue weighted by Gasteiger charge is 2.12. The van der Waals surface area contributed by atoms with Crippen molar-refractivity contribution in [1.82, 2.24) is 15.0 Å². The highest BCUT2D eigenvalue weighted by molar-refractivity contribution is 5.85. The van der Waals surface area contributed by atoms with Gasteiger partial charge in [-0.1, -0.05) is 18.8 Å². The second kappa shape index (κ2) is 10.6. The predicted molar refractivity (Wildman–Crippen MR) is 86.4 cm³/mol. The molecule has 0 atom stereocenters. The van der Waals surface area contributed by atoms with Gasteiger partial charge in [-0.15, -0.1) is 25.3 Å². The Kier molecular flexibility index (Phi) is 9.44. The summed E-state index contributed by atoms with van der Waals surface area (Å²) >= 11 is 0. The van der Waals surface area contributed by atoms with Crippen LogP contribution in [0, 0.1) is 24.7 Å². The molecular weight excluding hydrogens is 292 g/mol. The van der Waals surface area contributed by atoms with Gasteiger partial charge in [0, 0.05) is 6.54 Å². The Balaban J connectivity index is 0.00000400. The van der Waals surface area contributed by atoms with Crippen molar-refractivity contribution in [3.05, 3.63) is 0 Å². The maximum absolute atomic E-state index is 5.28. The normalized spacial score (nSPS) is 8.95. The molecule has 0 saturated carbocycles. The average molecular weight is 311 g/mol. The van der Waals surface area contributed by atoms with Gasteiger partial charge in [0.1, 0.15) is 6.54 Å². The second-order valence-electron chi connectivity index (χ2n) is 3.69. The number of hydroxylamine groups is 1. The fraction of sp³-hybridized carbons (Fsp3) is 0.462. The standard InChI is InChI=1S/C13H18N6O.ClH/c1-5-8-14-11-16-12(15-9-6-2)18-13(17-11)19(20-4)10-7-3;/h1,3H,6,8-10H2,2,4H3,(H2,14,15,16,17,18);1H. The Labute approximate surface area is 131 Å². The molecule has 0 aliphatic rings. The van der Waals surface area contributed by atoms with Crippen molar-refractivity contribution in [2.45, 2.75) is 13.3 Å². The van der Waals surface area contributed by atoms with Crippen LogP contribution in [0.25, 0.3) is 0 Å². The summed E-state index contributed by atoms with van der Waals surface area (Å²) in [5, 5.41) is 7.37. The lowest BCUT2D eigenvalue weighted by atomic mass is 10.5. The fourth-order valence-electron chi connectivity index (χ4n) is 1.30. The molecule has 0 spiro atoms. The van der Waals surface area contributed by atoms with E-state index in [0.717, 1.165) is 13.0 Å². The summed E-state index contributed by atoms with van der Waals surface area (Å²) in [6.07, 6.45) is 11.4. The molecule has 1 aromatic heterocycles. The number of rotatable bonds is 8. The minimum atomic E-state index is 0. The smallest absolute Gasteiger partial charge is 0.257 e. The lowest BCUT2D eigenvalue weighted by molar-refractivity contribution is 0.171. The van der Waals surface area contributed by atoms with Crippen LogP contribution in [-0.2, 0) is 4.84 Å². The van der Waals surface area contributed by atoms with Crippen molar-refractivity contribution in [2.24, 2.45) is 0 Å². The van der Waals surface area contributed by atoms with E-state index in [2.05, 4.69) is 37.4 Å². The van der Waals surface area contributed by atoms with Gasteiger partial charge < -0.3 is 10.6 Å². The molecule has 0 bridgehead atoms. The van der Waals surface area contributed by atoms with Crippen LogP contribution in [0.4, 0.5) is 17.8 Å². The maximum atomic E-state index is 5.28. The van der Waals surface area contributed by atoms with E-state index in [1.54, 1.807) is 0 Å². The van der Waals surface area contributed by atoms with E-state index < -0.39 is 0 Å².